The number of nitrogens with two attached hydrogens (primary N) is 1. The van der Waals surface area contributed by atoms with Crippen molar-refractivity contribution in [3.63, 3.8) is 0 Å². The van der Waals surface area contributed by atoms with E-state index in [2.05, 4.69) is 12.2 Å². The fourth-order valence-corrected chi connectivity index (χ4v) is 1.90. The highest BCUT2D eigenvalue weighted by Gasteiger charge is 1.98. The van der Waals surface area contributed by atoms with Gasteiger partial charge in [0, 0.05) is 5.02 Å². The molecule has 18 heavy (non-hydrogen) atoms. The third kappa shape index (κ3) is 6.27. The Morgan fingerprint density at radius 3 is 2.67 bits per heavy atom. The van der Waals surface area contributed by atoms with Crippen molar-refractivity contribution in [3.05, 3.63) is 28.8 Å². The first-order valence-electron chi connectivity index (χ1n) is 6.94. The van der Waals surface area contributed by atoms with Gasteiger partial charge >= 0.3 is 0 Å². The predicted molar refractivity (Wildman–Crippen MR) is 77.5 cm³/mol. The van der Waals surface area contributed by atoms with Gasteiger partial charge in [-0.1, -0.05) is 24.9 Å². The maximum atomic E-state index is 5.97. The van der Waals surface area contributed by atoms with E-state index in [1.165, 1.54) is 32.4 Å². The van der Waals surface area contributed by atoms with Crippen LogP contribution in [0, 0.1) is 6.92 Å². The zero-order valence-corrected chi connectivity index (χ0v) is 12.3. The second-order valence-corrected chi connectivity index (χ2v) is 5.09. The number of quaternary nitrogens is 1. The van der Waals surface area contributed by atoms with Crippen LogP contribution in [0.5, 0.6) is 5.75 Å². The van der Waals surface area contributed by atoms with Crippen LogP contribution in [-0.4, -0.2) is 19.7 Å². The van der Waals surface area contributed by atoms with E-state index < -0.39 is 0 Å². The van der Waals surface area contributed by atoms with Crippen LogP contribution >= 0.6 is 11.6 Å². The molecule has 0 amide bonds. The number of aryl methyl sites for hydroxylation is 1. The summed E-state index contributed by atoms with van der Waals surface area (Å²) in [5.74, 6) is 0.923. The molecule has 1 aromatic rings. The topological polar surface area (TPSA) is 25.8 Å². The Kier molecular flexibility index (Phi) is 7.86. The number of rotatable bonds is 9. The van der Waals surface area contributed by atoms with Crippen LogP contribution in [-0.2, 0) is 0 Å². The number of hydrogen-bond acceptors (Lipinski definition) is 1. The number of unbranched alkanes of at least 4 members (excludes halogenated alkanes) is 2. The zero-order valence-electron chi connectivity index (χ0n) is 11.5. The minimum atomic E-state index is 0.794. The lowest BCUT2D eigenvalue weighted by molar-refractivity contribution is -0.655. The number of ether oxygens (including phenoxy) is 1. The molecule has 0 aliphatic carbocycles. The Morgan fingerprint density at radius 2 is 1.94 bits per heavy atom. The van der Waals surface area contributed by atoms with Gasteiger partial charge in [-0.05, 0) is 49.9 Å². The molecule has 0 fully saturated rings. The van der Waals surface area contributed by atoms with Crippen molar-refractivity contribution in [1.29, 1.82) is 0 Å². The molecule has 0 aliphatic heterocycles. The lowest BCUT2D eigenvalue weighted by atomic mass is 10.2. The van der Waals surface area contributed by atoms with Crippen molar-refractivity contribution in [1.82, 2.24) is 0 Å². The summed E-state index contributed by atoms with van der Waals surface area (Å²) in [6.07, 6.45) is 4.94. The van der Waals surface area contributed by atoms with Gasteiger partial charge in [-0.2, -0.15) is 0 Å². The highest BCUT2D eigenvalue weighted by atomic mass is 35.5. The molecule has 1 aromatic carbocycles. The first-order valence-corrected chi connectivity index (χ1v) is 7.32. The summed E-state index contributed by atoms with van der Waals surface area (Å²) >= 11 is 5.97. The second-order valence-electron chi connectivity index (χ2n) is 4.69. The maximum Gasteiger partial charge on any atom is 0.119 e. The fraction of sp³-hybridized carbons (Fsp3) is 0.600. The minimum absolute atomic E-state index is 0.794. The second kappa shape index (κ2) is 9.23. The number of halogens is 1. The van der Waals surface area contributed by atoms with Crippen molar-refractivity contribution < 1.29 is 10.1 Å². The van der Waals surface area contributed by atoms with Gasteiger partial charge in [-0.15, -0.1) is 0 Å². The van der Waals surface area contributed by atoms with Crippen molar-refractivity contribution in [2.45, 2.75) is 39.5 Å². The molecule has 0 bridgehead atoms. The molecule has 0 saturated heterocycles. The van der Waals surface area contributed by atoms with Crippen LogP contribution in [0.25, 0.3) is 0 Å². The lowest BCUT2D eigenvalue weighted by Gasteiger charge is -2.07. The van der Waals surface area contributed by atoms with Gasteiger partial charge in [-0.3, -0.25) is 0 Å². The van der Waals surface area contributed by atoms with E-state index in [1.54, 1.807) is 0 Å². The Bertz CT molecular complexity index is 341. The van der Waals surface area contributed by atoms with Crippen LogP contribution in [0.2, 0.25) is 5.02 Å². The minimum Gasteiger partial charge on any atom is -0.494 e. The third-order valence-electron chi connectivity index (χ3n) is 2.96. The van der Waals surface area contributed by atoms with Gasteiger partial charge in [-0.25, -0.2) is 0 Å². The molecular formula is C15H25ClNO+. The molecule has 102 valence electrons. The van der Waals surface area contributed by atoms with Gasteiger partial charge in [0.05, 0.1) is 19.7 Å². The highest BCUT2D eigenvalue weighted by molar-refractivity contribution is 6.31. The summed E-state index contributed by atoms with van der Waals surface area (Å²) in [4.78, 5) is 0. The first-order chi connectivity index (χ1) is 8.74. The Labute approximate surface area is 116 Å². The largest absolute Gasteiger partial charge is 0.494 e. The van der Waals surface area contributed by atoms with E-state index in [9.17, 15) is 0 Å². The Balaban J connectivity index is 2.05. The molecule has 2 nitrogen and oxygen atoms in total. The summed E-state index contributed by atoms with van der Waals surface area (Å²) in [7, 11) is 0. The smallest absolute Gasteiger partial charge is 0.119 e. The van der Waals surface area contributed by atoms with Crippen LogP contribution in [0.4, 0.5) is 0 Å². The average molecular weight is 271 g/mol. The molecule has 0 aliphatic rings. The van der Waals surface area contributed by atoms with E-state index >= 15 is 0 Å². The van der Waals surface area contributed by atoms with Gasteiger partial charge < -0.3 is 10.1 Å². The quantitative estimate of drug-likeness (QED) is 0.686. The molecule has 0 saturated carbocycles. The van der Waals surface area contributed by atoms with Crippen LogP contribution in [0.15, 0.2) is 18.2 Å². The monoisotopic (exact) mass is 270 g/mol. The molecule has 0 aromatic heterocycles. The first kappa shape index (κ1) is 15.3. The Morgan fingerprint density at radius 1 is 1.17 bits per heavy atom. The normalized spacial score (nSPS) is 10.6. The van der Waals surface area contributed by atoms with E-state index in [0.29, 0.717) is 0 Å². The lowest BCUT2D eigenvalue weighted by Crippen LogP contribution is -2.84. The Hall–Kier alpha value is -0.730. The third-order valence-corrected chi connectivity index (χ3v) is 3.39. The van der Waals surface area contributed by atoms with Gasteiger partial charge in [0.2, 0.25) is 0 Å². The van der Waals surface area contributed by atoms with Gasteiger partial charge in [0.25, 0.3) is 0 Å². The fourth-order valence-electron chi connectivity index (χ4n) is 1.78. The molecule has 0 radical (unpaired) electrons. The number of hydrogen-bond donors (Lipinski definition) is 1. The molecule has 2 N–H and O–H groups in total. The standard InChI is InChI=1S/C15H24ClNO/c1-3-4-9-17-10-5-6-11-18-14-7-8-15(16)13(2)12-14/h7-8,12,17H,3-6,9-11H2,1-2H3/p+1. The van der Waals surface area contributed by atoms with E-state index in [0.717, 1.165) is 29.4 Å². The molecule has 0 heterocycles. The summed E-state index contributed by atoms with van der Waals surface area (Å²) in [5, 5.41) is 3.20. The maximum absolute atomic E-state index is 5.97. The molecular weight excluding hydrogens is 246 g/mol. The van der Waals surface area contributed by atoms with E-state index in [-0.39, 0.29) is 0 Å². The molecule has 3 heteroatoms. The number of benzene rings is 1. The van der Waals surface area contributed by atoms with Gasteiger partial charge in [0.15, 0.2) is 0 Å². The summed E-state index contributed by atoms with van der Waals surface area (Å²) in [5.41, 5.74) is 1.07. The predicted octanol–water partition coefficient (Wildman–Crippen LogP) is 3.17. The molecule has 1 rings (SSSR count). The van der Waals surface area contributed by atoms with E-state index in [4.69, 9.17) is 16.3 Å². The molecule has 0 unspecified atom stereocenters. The zero-order chi connectivity index (χ0) is 13.2. The van der Waals surface area contributed by atoms with Crippen molar-refractivity contribution in [2.75, 3.05) is 19.7 Å². The summed E-state index contributed by atoms with van der Waals surface area (Å²) < 4.78 is 5.70. The van der Waals surface area contributed by atoms with Crippen LogP contribution < -0.4 is 10.1 Å². The average Bonchev–Trinajstić information content (AvgIpc) is 2.37. The SMILES string of the molecule is CCCC[NH2+]CCCCOc1ccc(Cl)c(C)c1. The van der Waals surface area contributed by atoms with Crippen molar-refractivity contribution in [2.24, 2.45) is 0 Å². The van der Waals surface area contributed by atoms with E-state index in [1.807, 2.05) is 25.1 Å². The van der Waals surface area contributed by atoms with Crippen LogP contribution in [0.1, 0.15) is 38.2 Å². The summed E-state index contributed by atoms with van der Waals surface area (Å²) in [6.45, 7) is 7.49. The van der Waals surface area contributed by atoms with Crippen molar-refractivity contribution >= 4 is 11.6 Å². The molecule has 0 spiro atoms. The highest BCUT2D eigenvalue weighted by Crippen LogP contribution is 2.21. The van der Waals surface area contributed by atoms with Crippen molar-refractivity contribution in [3.8, 4) is 5.75 Å². The van der Waals surface area contributed by atoms with Gasteiger partial charge in [0.1, 0.15) is 5.75 Å². The molecule has 0 atom stereocenters. The summed E-state index contributed by atoms with van der Waals surface area (Å²) in [6, 6.07) is 5.82. The van der Waals surface area contributed by atoms with Crippen LogP contribution in [0.3, 0.4) is 0 Å².